The Morgan fingerprint density at radius 3 is 2.62 bits per heavy atom. The van der Waals surface area contributed by atoms with Crippen LogP contribution in [0.4, 0.5) is 0 Å². The van der Waals surface area contributed by atoms with Crippen LogP contribution in [0.2, 0.25) is 0 Å². The first-order chi connectivity index (χ1) is 5.88. The van der Waals surface area contributed by atoms with Gasteiger partial charge in [0.05, 0.1) is 11.9 Å². The summed E-state index contributed by atoms with van der Waals surface area (Å²) in [5, 5.41) is 0. The highest BCUT2D eigenvalue weighted by Crippen LogP contribution is 2.36. The van der Waals surface area contributed by atoms with Gasteiger partial charge in [0.1, 0.15) is 6.10 Å². The van der Waals surface area contributed by atoms with E-state index in [9.17, 15) is 8.42 Å². The number of fused-ring (bicyclic) bond motifs is 1. The zero-order valence-corrected chi connectivity index (χ0v) is 9.15. The van der Waals surface area contributed by atoms with Gasteiger partial charge in [-0.2, -0.15) is 0 Å². The van der Waals surface area contributed by atoms with Gasteiger partial charge < -0.3 is 9.47 Å². The summed E-state index contributed by atoms with van der Waals surface area (Å²) in [7, 11) is -2.01. The summed E-state index contributed by atoms with van der Waals surface area (Å²) in [6.45, 7) is 3.62. The fourth-order valence-electron chi connectivity index (χ4n) is 1.61. The lowest BCUT2D eigenvalue weighted by Crippen LogP contribution is -2.36. The molecule has 0 unspecified atom stereocenters. The van der Waals surface area contributed by atoms with E-state index in [2.05, 4.69) is 0 Å². The molecule has 13 heavy (non-hydrogen) atoms. The van der Waals surface area contributed by atoms with Gasteiger partial charge >= 0.3 is 0 Å². The second-order valence-electron chi connectivity index (χ2n) is 3.72. The van der Waals surface area contributed by atoms with Crippen LogP contribution in [0.1, 0.15) is 13.8 Å². The van der Waals surface area contributed by atoms with Gasteiger partial charge in [0, 0.05) is 5.75 Å². The normalized spacial score (nSPS) is 41.4. The fraction of sp³-hybridized carbons (Fsp3) is 1.00. The lowest BCUT2D eigenvalue weighted by molar-refractivity contribution is -0.142. The first-order valence-electron chi connectivity index (χ1n) is 4.11. The molecule has 2 atom stereocenters. The Balaban J connectivity index is 2.15. The maximum absolute atomic E-state index is 11.2. The van der Waals surface area contributed by atoms with Gasteiger partial charge in [0.25, 0.3) is 0 Å². The zero-order chi connectivity index (χ0) is 9.69. The monoisotopic (exact) mass is 228 g/mol. The van der Waals surface area contributed by atoms with Crippen LogP contribution in [-0.4, -0.2) is 37.9 Å². The highest BCUT2D eigenvalue weighted by atomic mass is 33.1. The van der Waals surface area contributed by atoms with E-state index in [-0.39, 0.29) is 18.0 Å². The fourth-order valence-corrected chi connectivity index (χ4v) is 4.73. The summed E-state index contributed by atoms with van der Waals surface area (Å²) >= 11 is 0. The van der Waals surface area contributed by atoms with Crippen LogP contribution in [0.5, 0.6) is 0 Å². The van der Waals surface area contributed by atoms with E-state index in [4.69, 9.17) is 9.47 Å². The highest BCUT2D eigenvalue weighted by molar-refractivity contribution is 8.72. The number of hydrogen-bond donors (Lipinski definition) is 0. The van der Waals surface area contributed by atoms with E-state index in [0.29, 0.717) is 5.75 Å². The van der Waals surface area contributed by atoms with Crippen molar-refractivity contribution in [2.24, 2.45) is 0 Å². The Bertz CT molecular complexity index is 308. The first kappa shape index (κ1) is 9.76. The van der Waals surface area contributed by atoms with Crippen LogP contribution in [0.3, 0.4) is 0 Å². The van der Waals surface area contributed by atoms with Gasteiger partial charge in [-0.3, -0.25) is 0 Å². The van der Waals surface area contributed by atoms with Crippen LogP contribution < -0.4 is 0 Å². The summed E-state index contributed by atoms with van der Waals surface area (Å²) < 4.78 is 33.5. The van der Waals surface area contributed by atoms with E-state index in [0.717, 1.165) is 10.8 Å². The Labute approximate surface area is 81.3 Å². The van der Waals surface area contributed by atoms with E-state index in [1.54, 1.807) is 0 Å². The molecule has 0 amide bonds. The number of rotatable bonds is 0. The minimum absolute atomic E-state index is 0.0662. The molecule has 76 valence electrons. The van der Waals surface area contributed by atoms with Crippen molar-refractivity contribution in [1.29, 1.82) is 0 Å². The average Bonchev–Trinajstić information content (AvgIpc) is 2.20. The predicted octanol–water partition coefficient (Wildman–Crippen LogP) is 0.583. The summed E-state index contributed by atoms with van der Waals surface area (Å²) in [5.74, 6) is -0.0715. The maximum Gasteiger partial charge on any atom is 0.204 e. The molecule has 6 heteroatoms. The molecule has 0 aromatic heterocycles. The van der Waals surface area contributed by atoms with Crippen molar-refractivity contribution >= 4 is 19.7 Å². The van der Waals surface area contributed by atoms with Crippen LogP contribution in [-0.2, 0) is 18.3 Å². The quantitative estimate of drug-likeness (QED) is 0.568. The summed E-state index contributed by atoms with van der Waals surface area (Å²) in [6.07, 6.45) is -0.343. The van der Waals surface area contributed by atoms with Crippen LogP contribution in [0, 0.1) is 0 Å². The molecular formula is C7H12O4S2. The van der Waals surface area contributed by atoms with Crippen LogP contribution in [0.25, 0.3) is 0 Å². The first-order valence-corrected chi connectivity index (χ1v) is 7.26. The smallest absolute Gasteiger partial charge is 0.204 e. The molecule has 0 spiro atoms. The second-order valence-corrected chi connectivity index (χ2v) is 7.97. The molecule has 0 aromatic rings. The lowest BCUT2D eigenvalue weighted by atomic mass is 10.4. The molecule has 2 heterocycles. The Morgan fingerprint density at radius 2 is 1.92 bits per heavy atom. The van der Waals surface area contributed by atoms with Gasteiger partial charge in [-0.1, -0.05) is 0 Å². The second kappa shape index (κ2) is 2.85. The minimum atomic E-state index is -2.98. The van der Waals surface area contributed by atoms with E-state index < -0.39 is 14.7 Å². The summed E-state index contributed by atoms with van der Waals surface area (Å²) in [6, 6.07) is 0. The average molecular weight is 228 g/mol. The SMILES string of the molecule is CC1(C)O[C@H]2[14CH2]S(=O)(=O)S[14CH2][C@H]2O1. The molecule has 0 aliphatic carbocycles. The summed E-state index contributed by atoms with van der Waals surface area (Å²) in [5.41, 5.74) is 0. The largest absolute Gasteiger partial charge is 0.344 e. The molecule has 0 bridgehead atoms. The Morgan fingerprint density at radius 1 is 1.31 bits per heavy atom. The van der Waals surface area contributed by atoms with E-state index in [1.165, 1.54) is 0 Å². The number of ether oxygens (including phenoxy) is 2. The van der Waals surface area contributed by atoms with Crippen molar-refractivity contribution in [2.45, 2.75) is 31.8 Å². The molecule has 0 saturated carbocycles. The molecule has 2 aliphatic heterocycles. The topological polar surface area (TPSA) is 52.6 Å². The molecule has 4 nitrogen and oxygen atoms in total. The standard InChI is InChI=1S/C7H12O4S2/c1-7(2)10-5-3-12-13(8,9)4-6(5)11-7/h5-6H,3-4H2,1-2H3/t5-,6+/m1/s1/i3+2,4+2. The third-order valence-electron chi connectivity index (χ3n) is 2.07. The van der Waals surface area contributed by atoms with E-state index in [1.807, 2.05) is 13.8 Å². The van der Waals surface area contributed by atoms with Crippen LogP contribution >= 0.6 is 10.8 Å². The third kappa shape index (κ3) is 2.01. The Hall–Kier alpha value is 0.220. The van der Waals surface area contributed by atoms with Gasteiger partial charge in [-0.05, 0) is 24.6 Å². The molecule has 2 rings (SSSR count). The minimum Gasteiger partial charge on any atom is -0.344 e. The zero-order valence-electron chi connectivity index (χ0n) is 7.52. The highest BCUT2D eigenvalue weighted by Gasteiger charge is 2.46. The van der Waals surface area contributed by atoms with Gasteiger partial charge in [-0.15, -0.1) is 0 Å². The van der Waals surface area contributed by atoms with Gasteiger partial charge in [0.15, 0.2) is 5.79 Å². The van der Waals surface area contributed by atoms with Gasteiger partial charge in [-0.25, -0.2) is 8.42 Å². The molecule has 2 saturated heterocycles. The van der Waals surface area contributed by atoms with Crippen molar-refractivity contribution in [1.82, 2.24) is 0 Å². The lowest BCUT2D eigenvalue weighted by Gasteiger charge is -2.20. The van der Waals surface area contributed by atoms with Crippen molar-refractivity contribution < 1.29 is 17.9 Å². The van der Waals surface area contributed by atoms with Gasteiger partial charge in [0.2, 0.25) is 8.87 Å². The van der Waals surface area contributed by atoms with Crippen LogP contribution in [0.15, 0.2) is 0 Å². The molecular weight excluding hydrogens is 216 g/mol. The molecule has 2 fully saturated rings. The van der Waals surface area contributed by atoms with Crippen molar-refractivity contribution in [3.8, 4) is 0 Å². The molecule has 0 radical (unpaired) electrons. The predicted molar refractivity (Wildman–Crippen MR) is 50.1 cm³/mol. The third-order valence-corrected chi connectivity index (χ3v) is 5.52. The van der Waals surface area contributed by atoms with Crippen molar-refractivity contribution in [2.75, 3.05) is 11.5 Å². The Kier molecular flexibility index (Phi) is 2.14. The molecule has 2 aliphatic rings. The van der Waals surface area contributed by atoms with Crippen molar-refractivity contribution in [3.05, 3.63) is 0 Å². The summed E-state index contributed by atoms with van der Waals surface area (Å²) in [4.78, 5) is 0. The number of hydrogen-bond acceptors (Lipinski definition) is 5. The van der Waals surface area contributed by atoms with Crippen molar-refractivity contribution in [3.63, 3.8) is 0 Å². The molecule has 0 aromatic carbocycles. The molecule has 0 N–H and O–H groups in total. The maximum atomic E-state index is 11.2. The van der Waals surface area contributed by atoms with E-state index >= 15 is 0 Å².